The van der Waals surface area contributed by atoms with Crippen LogP contribution in [-0.4, -0.2) is 30.9 Å². The molecule has 0 spiro atoms. The first kappa shape index (κ1) is 11.8. The van der Waals surface area contributed by atoms with E-state index >= 15 is 0 Å². The summed E-state index contributed by atoms with van der Waals surface area (Å²) >= 11 is 0. The molecule has 0 bridgehead atoms. The van der Waals surface area contributed by atoms with Gasteiger partial charge in [0.2, 0.25) is 0 Å². The molecule has 0 saturated carbocycles. The molecule has 11 heavy (non-hydrogen) atoms. The molecule has 2 aliphatic heterocycles. The summed E-state index contributed by atoms with van der Waals surface area (Å²) in [6, 6.07) is 0. The summed E-state index contributed by atoms with van der Waals surface area (Å²) in [7, 11) is 0. The van der Waals surface area contributed by atoms with E-state index in [-0.39, 0.29) is 34.0 Å². The maximum absolute atomic E-state index is 5.47. The van der Waals surface area contributed by atoms with Crippen LogP contribution in [0.25, 0.3) is 0 Å². The number of hydrogen-bond acceptors (Lipinski definition) is 3. The van der Waals surface area contributed by atoms with Crippen molar-refractivity contribution >= 4 is 34.0 Å². The van der Waals surface area contributed by atoms with Crippen molar-refractivity contribution in [2.24, 2.45) is 0 Å². The van der Waals surface area contributed by atoms with E-state index in [0.717, 1.165) is 19.7 Å². The highest BCUT2D eigenvalue weighted by molar-refractivity contribution is 8.93. The summed E-state index contributed by atoms with van der Waals surface area (Å²) in [6.45, 7) is 3.02. The molecule has 2 fully saturated rings. The molecule has 1 unspecified atom stereocenters. The van der Waals surface area contributed by atoms with Crippen LogP contribution >= 0.6 is 34.0 Å². The van der Waals surface area contributed by atoms with Gasteiger partial charge in [-0.25, -0.2) is 5.01 Å². The molecular weight excluding hydrogens is 276 g/mol. The molecule has 2 heterocycles. The van der Waals surface area contributed by atoms with Crippen molar-refractivity contribution in [3.8, 4) is 0 Å². The van der Waals surface area contributed by atoms with Crippen molar-refractivity contribution in [1.29, 1.82) is 0 Å². The third-order valence-electron chi connectivity index (χ3n) is 1.92. The molecule has 2 rings (SSSR count). The normalized spacial score (nSPS) is 30.0. The fraction of sp³-hybridized carbons (Fsp3) is 1.00. The maximum atomic E-state index is 5.47. The van der Waals surface area contributed by atoms with E-state index in [1.165, 1.54) is 12.8 Å². The van der Waals surface area contributed by atoms with Crippen LogP contribution in [0.2, 0.25) is 0 Å². The number of halogens is 2. The van der Waals surface area contributed by atoms with Crippen LogP contribution in [0.5, 0.6) is 0 Å². The summed E-state index contributed by atoms with van der Waals surface area (Å²) in [4.78, 5) is 0. The average Bonchev–Trinajstić information content (AvgIpc) is 2.33. The average molecular weight is 290 g/mol. The van der Waals surface area contributed by atoms with E-state index in [1.807, 2.05) is 0 Å². The second-order valence-electron chi connectivity index (χ2n) is 2.57. The van der Waals surface area contributed by atoms with Crippen LogP contribution in [0.3, 0.4) is 0 Å². The van der Waals surface area contributed by atoms with E-state index < -0.39 is 0 Å². The lowest BCUT2D eigenvalue weighted by Gasteiger charge is -2.29. The molecule has 0 aromatic heterocycles. The smallest absolute Gasteiger partial charge is 0.123 e. The van der Waals surface area contributed by atoms with Crippen LogP contribution in [-0.2, 0) is 4.74 Å². The number of hydrazine groups is 1. The van der Waals surface area contributed by atoms with Gasteiger partial charge in [-0.2, -0.15) is 0 Å². The second-order valence-corrected chi connectivity index (χ2v) is 2.57. The Balaban J connectivity index is 0.000000500. The predicted octanol–water partition coefficient (Wildman–Crippen LogP) is 1.10. The van der Waals surface area contributed by atoms with Crippen LogP contribution in [0.15, 0.2) is 0 Å². The van der Waals surface area contributed by atoms with Gasteiger partial charge in [0.1, 0.15) is 6.23 Å². The van der Waals surface area contributed by atoms with E-state index in [2.05, 4.69) is 10.4 Å². The Bertz CT molecular complexity index is 103. The van der Waals surface area contributed by atoms with Crippen molar-refractivity contribution in [3.05, 3.63) is 0 Å². The molecule has 0 amide bonds. The van der Waals surface area contributed by atoms with Gasteiger partial charge in [0.15, 0.2) is 0 Å². The van der Waals surface area contributed by atoms with Crippen molar-refractivity contribution in [1.82, 2.24) is 10.4 Å². The molecular formula is C6H14Br2N2O. The van der Waals surface area contributed by atoms with Gasteiger partial charge in [0, 0.05) is 13.1 Å². The largest absolute Gasteiger partial charge is 0.361 e. The third-order valence-corrected chi connectivity index (χ3v) is 1.92. The van der Waals surface area contributed by atoms with E-state index in [4.69, 9.17) is 4.74 Å². The lowest BCUT2D eigenvalue weighted by atomic mass is 10.4. The lowest BCUT2D eigenvalue weighted by Crippen LogP contribution is -2.49. The highest BCUT2D eigenvalue weighted by Crippen LogP contribution is 2.17. The zero-order valence-electron chi connectivity index (χ0n) is 6.28. The molecule has 5 heteroatoms. The van der Waals surface area contributed by atoms with Crippen LogP contribution in [0, 0.1) is 0 Å². The van der Waals surface area contributed by atoms with Crippen LogP contribution < -0.4 is 5.43 Å². The molecule has 2 saturated heterocycles. The predicted molar refractivity (Wildman–Crippen MR) is 54.3 cm³/mol. The monoisotopic (exact) mass is 288 g/mol. The molecule has 2 aliphatic rings. The van der Waals surface area contributed by atoms with Crippen molar-refractivity contribution in [3.63, 3.8) is 0 Å². The second kappa shape index (κ2) is 5.48. The number of nitrogens with one attached hydrogen (secondary N) is 1. The molecule has 68 valence electrons. The van der Waals surface area contributed by atoms with Gasteiger partial charge in [-0.05, 0) is 12.8 Å². The Labute approximate surface area is 88.0 Å². The summed E-state index contributed by atoms with van der Waals surface area (Å²) in [5.74, 6) is 0. The van der Waals surface area contributed by atoms with Crippen LogP contribution in [0.4, 0.5) is 0 Å². The van der Waals surface area contributed by atoms with Gasteiger partial charge in [-0.1, -0.05) is 0 Å². The summed E-state index contributed by atoms with van der Waals surface area (Å²) < 4.78 is 5.47. The topological polar surface area (TPSA) is 24.5 Å². The van der Waals surface area contributed by atoms with E-state index in [1.54, 1.807) is 0 Å². The minimum Gasteiger partial charge on any atom is -0.361 e. The van der Waals surface area contributed by atoms with Gasteiger partial charge in [-0.3, -0.25) is 5.43 Å². The van der Waals surface area contributed by atoms with Gasteiger partial charge in [-0.15, -0.1) is 34.0 Å². The first-order valence-electron chi connectivity index (χ1n) is 3.58. The Morgan fingerprint density at radius 2 is 2.18 bits per heavy atom. The molecule has 1 N–H and O–H groups in total. The fourth-order valence-electron chi connectivity index (χ4n) is 1.47. The SMILES string of the molecule is Br.Br.C1CC2OCCNN2C1. The number of rotatable bonds is 0. The Morgan fingerprint density at radius 3 is 2.91 bits per heavy atom. The van der Waals surface area contributed by atoms with Crippen molar-refractivity contribution in [2.75, 3.05) is 19.7 Å². The third kappa shape index (κ3) is 2.66. The molecule has 0 aromatic carbocycles. The number of fused-ring (bicyclic) bond motifs is 1. The Kier molecular flexibility index (Phi) is 5.90. The van der Waals surface area contributed by atoms with Gasteiger partial charge in [0.05, 0.1) is 6.61 Å². The number of nitrogens with zero attached hydrogens (tertiary/aromatic N) is 1. The summed E-state index contributed by atoms with van der Waals surface area (Å²) in [5, 5.41) is 2.20. The summed E-state index contributed by atoms with van der Waals surface area (Å²) in [5.41, 5.74) is 3.29. The van der Waals surface area contributed by atoms with Crippen molar-refractivity contribution in [2.45, 2.75) is 19.1 Å². The minimum absolute atomic E-state index is 0. The minimum atomic E-state index is 0. The number of ether oxygens (including phenoxy) is 1. The fourth-order valence-corrected chi connectivity index (χ4v) is 1.47. The van der Waals surface area contributed by atoms with Gasteiger partial charge >= 0.3 is 0 Å². The highest BCUT2D eigenvalue weighted by Gasteiger charge is 2.26. The maximum Gasteiger partial charge on any atom is 0.123 e. The molecule has 3 nitrogen and oxygen atoms in total. The molecule has 0 aromatic rings. The Hall–Kier alpha value is 0.840. The van der Waals surface area contributed by atoms with E-state index in [9.17, 15) is 0 Å². The first-order chi connectivity index (χ1) is 4.47. The van der Waals surface area contributed by atoms with Crippen LogP contribution in [0.1, 0.15) is 12.8 Å². The number of hydrogen-bond donors (Lipinski definition) is 1. The zero-order valence-corrected chi connectivity index (χ0v) is 9.71. The molecule has 0 aliphatic carbocycles. The Morgan fingerprint density at radius 1 is 1.36 bits per heavy atom. The first-order valence-corrected chi connectivity index (χ1v) is 3.58. The van der Waals surface area contributed by atoms with Gasteiger partial charge in [0.25, 0.3) is 0 Å². The highest BCUT2D eigenvalue weighted by atomic mass is 79.9. The zero-order chi connectivity index (χ0) is 6.10. The summed E-state index contributed by atoms with van der Waals surface area (Å²) in [6.07, 6.45) is 2.86. The standard InChI is InChI=1S/C6H12N2O.2BrH/c1-2-6-8(4-1)7-3-5-9-6;;/h6-7H,1-5H2;2*1H. The van der Waals surface area contributed by atoms with Gasteiger partial charge < -0.3 is 4.74 Å². The molecule has 1 atom stereocenters. The lowest BCUT2D eigenvalue weighted by molar-refractivity contribution is -0.0974. The quantitative estimate of drug-likeness (QED) is 0.723. The molecule has 0 radical (unpaired) electrons. The van der Waals surface area contributed by atoms with E-state index in [0.29, 0.717) is 6.23 Å². The van der Waals surface area contributed by atoms with Crippen molar-refractivity contribution < 1.29 is 4.74 Å².